The van der Waals surface area contributed by atoms with E-state index in [1.54, 1.807) is 12.1 Å². The second-order valence-corrected chi connectivity index (χ2v) is 4.71. The molecule has 0 bridgehead atoms. The van der Waals surface area contributed by atoms with Crippen LogP contribution in [0, 0.1) is 0 Å². The van der Waals surface area contributed by atoms with Gasteiger partial charge in [-0.3, -0.25) is 19.8 Å². The number of rotatable bonds is 2. The highest BCUT2D eigenvalue weighted by atomic mass is 16.3. The quantitative estimate of drug-likeness (QED) is 0.563. The third-order valence-corrected chi connectivity index (χ3v) is 3.27. The van der Waals surface area contributed by atoms with Gasteiger partial charge in [0.25, 0.3) is 17.7 Å². The smallest absolute Gasteiger partial charge is 0.280 e. The molecule has 3 rings (SSSR count). The van der Waals surface area contributed by atoms with Crippen molar-refractivity contribution in [1.82, 2.24) is 10.4 Å². The molecule has 0 radical (unpaired) electrons. The second kappa shape index (κ2) is 4.88. The van der Waals surface area contributed by atoms with Crippen molar-refractivity contribution in [2.45, 2.75) is 0 Å². The Kier molecular flexibility index (Phi) is 3.03. The van der Waals surface area contributed by atoms with Gasteiger partial charge in [0.15, 0.2) is 0 Å². The summed E-state index contributed by atoms with van der Waals surface area (Å²) in [7, 11) is 0. The average Bonchev–Trinajstić information content (AvgIpc) is 2.72. The highest BCUT2D eigenvalue weighted by molar-refractivity contribution is 6.22. The number of amides is 3. The van der Waals surface area contributed by atoms with Crippen LogP contribution in [0.15, 0.2) is 42.5 Å². The zero-order chi connectivity index (χ0) is 15.9. The summed E-state index contributed by atoms with van der Waals surface area (Å²) in [5.74, 6) is -2.33. The Morgan fingerprint density at radius 1 is 1.05 bits per heavy atom. The summed E-state index contributed by atoms with van der Waals surface area (Å²) >= 11 is 0. The molecule has 0 atom stereocenters. The maximum Gasteiger partial charge on any atom is 0.280 e. The van der Waals surface area contributed by atoms with E-state index in [0.717, 1.165) is 0 Å². The molecule has 1 heterocycles. The van der Waals surface area contributed by atoms with Crippen LogP contribution in [0.25, 0.3) is 0 Å². The van der Waals surface area contributed by atoms with Crippen LogP contribution in [-0.2, 0) is 0 Å². The number of phenols is 1. The van der Waals surface area contributed by atoms with Gasteiger partial charge in [0.1, 0.15) is 5.75 Å². The van der Waals surface area contributed by atoms with Gasteiger partial charge in [-0.2, -0.15) is 5.01 Å². The number of para-hydroxylation sites is 1. The Balaban J connectivity index is 1.89. The van der Waals surface area contributed by atoms with Crippen LogP contribution < -0.4 is 11.2 Å². The first kappa shape index (κ1) is 13.6. The number of nitrogens with one attached hydrogen (secondary N) is 1. The van der Waals surface area contributed by atoms with E-state index in [2.05, 4.69) is 5.43 Å². The standard InChI is InChI=1S/C15H11N3O4/c16-8-5-6-9-11(7-8)15(22)18(14(9)21)17-13(20)10-3-1-2-4-12(10)19/h1-7,19H,16H2,(H,17,20). The SMILES string of the molecule is Nc1ccc2c(c1)C(=O)N(NC(=O)c1ccccc1O)C2=O. The van der Waals surface area contributed by atoms with Crippen molar-refractivity contribution in [3.05, 3.63) is 59.2 Å². The largest absolute Gasteiger partial charge is 0.507 e. The second-order valence-electron chi connectivity index (χ2n) is 4.71. The number of hydrogen-bond acceptors (Lipinski definition) is 5. The number of carbonyl (C=O) groups is 3. The molecule has 7 nitrogen and oxygen atoms in total. The predicted octanol–water partition coefficient (Wildman–Crippen LogP) is 0.915. The van der Waals surface area contributed by atoms with Crippen molar-refractivity contribution in [3.8, 4) is 5.75 Å². The lowest BCUT2D eigenvalue weighted by Gasteiger charge is -2.15. The molecular weight excluding hydrogens is 286 g/mol. The Bertz CT molecular complexity index is 816. The fraction of sp³-hybridized carbons (Fsp3) is 0. The maximum atomic E-state index is 12.2. The molecule has 0 aliphatic carbocycles. The van der Waals surface area contributed by atoms with Gasteiger partial charge in [0, 0.05) is 5.69 Å². The molecular formula is C15H11N3O4. The highest BCUT2D eigenvalue weighted by Crippen LogP contribution is 2.24. The topological polar surface area (TPSA) is 113 Å². The normalized spacial score (nSPS) is 13.2. The van der Waals surface area contributed by atoms with Gasteiger partial charge < -0.3 is 10.8 Å². The Hall–Kier alpha value is -3.35. The molecule has 3 amide bonds. The van der Waals surface area contributed by atoms with Crippen LogP contribution in [0.3, 0.4) is 0 Å². The summed E-state index contributed by atoms with van der Waals surface area (Å²) in [6.45, 7) is 0. The maximum absolute atomic E-state index is 12.2. The molecule has 0 aromatic heterocycles. The van der Waals surface area contributed by atoms with Crippen molar-refractivity contribution in [3.63, 3.8) is 0 Å². The van der Waals surface area contributed by atoms with Gasteiger partial charge in [-0.05, 0) is 30.3 Å². The van der Waals surface area contributed by atoms with E-state index < -0.39 is 17.7 Å². The summed E-state index contributed by atoms with van der Waals surface area (Å²) in [6, 6.07) is 10.1. The van der Waals surface area contributed by atoms with E-state index in [9.17, 15) is 19.5 Å². The summed E-state index contributed by atoms with van der Waals surface area (Å²) in [4.78, 5) is 36.4. The van der Waals surface area contributed by atoms with Crippen LogP contribution in [0.1, 0.15) is 31.1 Å². The number of hydrazine groups is 1. The van der Waals surface area contributed by atoms with Crippen molar-refractivity contribution in [2.75, 3.05) is 5.73 Å². The zero-order valence-corrected chi connectivity index (χ0v) is 11.2. The van der Waals surface area contributed by atoms with Crippen LogP contribution in [-0.4, -0.2) is 27.8 Å². The predicted molar refractivity (Wildman–Crippen MR) is 76.9 cm³/mol. The first-order valence-corrected chi connectivity index (χ1v) is 6.36. The minimum atomic E-state index is -0.763. The van der Waals surface area contributed by atoms with E-state index in [4.69, 9.17) is 5.73 Å². The third kappa shape index (κ3) is 2.05. The van der Waals surface area contributed by atoms with Crippen molar-refractivity contribution < 1.29 is 19.5 Å². The van der Waals surface area contributed by atoms with Gasteiger partial charge in [0.05, 0.1) is 16.7 Å². The van der Waals surface area contributed by atoms with Crippen molar-refractivity contribution >= 4 is 23.4 Å². The van der Waals surface area contributed by atoms with E-state index >= 15 is 0 Å². The summed E-state index contributed by atoms with van der Waals surface area (Å²) < 4.78 is 0. The van der Waals surface area contributed by atoms with E-state index in [-0.39, 0.29) is 22.4 Å². The highest BCUT2D eigenvalue weighted by Gasteiger charge is 2.37. The molecule has 7 heteroatoms. The first-order chi connectivity index (χ1) is 10.5. The van der Waals surface area contributed by atoms with Crippen LogP contribution in [0.5, 0.6) is 5.75 Å². The van der Waals surface area contributed by atoms with E-state index in [1.807, 2.05) is 0 Å². The molecule has 110 valence electrons. The van der Waals surface area contributed by atoms with Crippen LogP contribution in [0.4, 0.5) is 5.69 Å². The van der Waals surface area contributed by atoms with E-state index in [0.29, 0.717) is 10.7 Å². The lowest BCUT2D eigenvalue weighted by atomic mass is 10.1. The summed E-state index contributed by atoms with van der Waals surface area (Å²) in [5.41, 5.74) is 8.38. The van der Waals surface area contributed by atoms with Crippen molar-refractivity contribution in [1.29, 1.82) is 0 Å². The molecule has 2 aromatic rings. The summed E-state index contributed by atoms with van der Waals surface area (Å²) in [5, 5.41) is 10.2. The lowest BCUT2D eigenvalue weighted by molar-refractivity contribution is 0.0517. The number of fused-ring (bicyclic) bond motifs is 1. The van der Waals surface area contributed by atoms with Gasteiger partial charge in [-0.25, -0.2) is 0 Å². The van der Waals surface area contributed by atoms with Gasteiger partial charge in [-0.15, -0.1) is 0 Å². The molecule has 22 heavy (non-hydrogen) atoms. The number of nitrogens with zero attached hydrogens (tertiary/aromatic N) is 1. The molecule has 1 aliphatic rings. The molecule has 1 aliphatic heterocycles. The third-order valence-electron chi connectivity index (χ3n) is 3.27. The number of imide groups is 1. The molecule has 0 unspecified atom stereocenters. The number of phenolic OH excluding ortho intramolecular Hbond substituents is 1. The van der Waals surface area contributed by atoms with Crippen molar-refractivity contribution in [2.24, 2.45) is 0 Å². The Morgan fingerprint density at radius 2 is 1.73 bits per heavy atom. The minimum Gasteiger partial charge on any atom is -0.507 e. The van der Waals surface area contributed by atoms with Gasteiger partial charge in [0.2, 0.25) is 0 Å². The number of anilines is 1. The van der Waals surface area contributed by atoms with Gasteiger partial charge in [-0.1, -0.05) is 12.1 Å². The fourth-order valence-corrected chi connectivity index (χ4v) is 2.19. The minimum absolute atomic E-state index is 0.0430. The Morgan fingerprint density at radius 3 is 2.45 bits per heavy atom. The van der Waals surface area contributed by atoms with E-state index in [1.165, 1.54) is 30.3 Å². The van der Waals surface area contributed by atoms with Crippen LogP contribution >= 0.6 is 0 Å². The number of hydrogen-bond donors (Lipinski definition) is 3. The molecule has 4 N–H and O–H groups in total. The monoisotopic (exact) mass is 297 g/mol. The molecule has 0 saturated heterocycles. The summed E-state index contributed by atoms with van der Waals surface area (Å²) in [6.07, 6.45) is 0. The molecule has 0 saturated carbocycles. The first-order valence-electron chi connectivity index (χ1n) is 6.36. The molecule has 0 fully saturated rings. The molecule has 2 aromatic carbocycles. The Labute approximate surface area is 124 Å². The number of benzene rings is 2. The number of nitrogens with two attached hydrogens (primary N) is 1. The van der Waals surface area contributed by atoms with Gasteiger partial charge >= 0.3 is 0 Å². The molecule has 0 spiro atoms. The number of aromatic hydroxyl groups is 1. The lowest BCUT2D eigenvalue weighted by Crippen LogP contribution is -2.45. The van der Waals surface area contributed by atoms with Crippen LogP contribution in [0.2, 0.25) is 0 Å². The average molecular weight is 297 g/mol. The number of nitrogen functional groups attached to an aromatic ring is 1. The fourth-order valence-electron chi connectivity index (χ4n) is 2.19. The number of carbonyl (C=O) groups excluding carboxylic acids is 3. The zero-order valence-electron chi connectivity index (χ0n) is 11.2.